The van der Waals surface area contributed by atoms with E-state index in [2.05, 4.69) is 12.2 Å². The highest BCUT2D eigenvalue weighted by Gasteiger charge is 2.33. The van der Waals surface area contributed by atoms with Crippen molar-refractivity contribution in [2.45, 2.75) is 32.2 Å². The van der Waals surface area contributed by atoms with Gasteiger partial charge in [0, 0.05) is 11.7 Å². The zero-order valence-corrected chi connectivity index (χ0v) is 10.9. The van der Waals surface area contributed by atoms with E-state index in [0.717, 1.165) is 19.3 Å². The van der Waals surface area contributed by atoms with Gasteiger partial charge in [0.2, 0.25) is 0 Å². The predicted molar refractivity (Wildman–Crippen MR) is 72.2 cm³/mol. The third-order valence-corrected chi connectivity index (χ3v) is 3.17. The van der Waals surface area contributed by atoms with Crippen LogP contribution in [0, 0.1) is 0 Å². The number of amides is 2. The molecular formula is C14H18N2O3. The van der Waals surface area contributed by atoms with Crippen molar-refractivity contribution in [3.63, 3.8) is 0 Å². The SMILES string of the molecule is CCc1ccc(NC(=O)N(CC(=O)O)C2CC2)cc1. The minimum atomic E-state index is -0.983. The van der Waals surface area contributed by atoms with Crippen LogP contribution in [-0.4, -0.2) is 34.6 Å². The first-order chi connectivity index (χ1) is 9.10. The molecule has 5 nitrogen and oxygen atoms in total. The van der Waals surface area contributed by atoms with Gasteiger partial charge in [-0.25, -0.2) is 4.79 Å². The summed E-state index contributed by atoms with van der Waals surface area (Å²) in [7, 11) is 0. The number of urea groups is 1. The van der Waals surface area contributed by atoms with E-state index in [0.29, 0.717) is 5.69 Å². The Morgan fingerprint density at radius 2 is 1.95 bits per heavy atom. The summed E-state index contributed by atoms with van der Waals surface area (Å²) >= 11 is 0. The van der Waals surface area contributed by atoms with Gasteiger partial charge in [0.05, 0.1) is 0 Å². The van der Waals surface area contributed by atoms with Crippen LogP contribution in [0.25, 0.3) is 0 Å². The van der Waals surface area contributed by atoms with E-state index in [4.69, 9.17) is 5.11 Å². The van der Waals surface area contributed by atoms with Gasteiger partial charge in [0.1, 0.15) is 6.54 Å². The standard InChI is InChI=1S/C14H18N2O3/c1-2-10-3-5-11(6-4-10)15-14(19)16(9-13(17)18)12-7-8-12/h3-6,12H,2,7-9H2,1H3,(H,15,19)(H,17,18). The molecule has 2 rings (SSSR count). The number of benzene rings is 1. The highest BCUT2D eigenvalue weighted by Crippen LogP contribution is 2.27. The van der Waals surface area contributed by atoms with E-state index in [9.17, 15) is 9.59 Å². The average molecular weight is 262 g/mol. The number of carboxylic acid groups (broad SMARTS) is 1. The Labute approximate surface area is 112 Å². The van der Waals surface area contributed by atoms with Crippen molar-refractivity contribution in [2.24, 2.45) is 0 Å². The summed E-state index contributed by atoms with van der Waals surface area (Å²) in [5.41, 5.74) is 1.89. The van der Waals surface area contributed by atoms with Crippen LogP contribution in [0.5, 0.6) is 0 Å². The van der Waals surface area contributed by atoms with Crippen LogP contribution in [-0.2, 0) is 11.2 Å². The number of hydrogen-bond donors (Lipinski definition) is 2. The molecule has 1 aliphatic carbocycles. The smallest absolute Gasteiger partial charge is 0.323 e. The van der Waals surface area contributed by atoms with E-state index in [1.807, 2.05) is 24.3 Å². The second-order valence-corrected chi connectivity index (χ2v) is 4.73. The van der Waals surface area contributed by atoms with Gasteiger partial charge >= 0.3 is 12.0 Å². The lowest BCUT2D eigenvalue weighted by Crippen LogP contribution is -2.40. The zero-order valence-electron chi connectivity index (χ0n) is 10.9. The topological polar surface area (TPSA) is 69.6 Å². The second kappa shape index (κ2) is 5.73. The summed E-state index contributed by atoms with van der Waals surface area (Å²) in [5, 5.41) is 11.6. The number of carboxylic acids is 1. The van der Waals surface area contributed by atoms with Crippen LogP contribution in [0.1, 0.15) is 25.3 Å². The number of nitrogens with zero attached hydrogens (tertiary/aromatic N) is 1. The van der Waals surface area contributed by atoms with Gasteiger partial charge in [0.15, 0.2) is 0 Å². The lowest BCUT2D eigenvalue weighted by atomic mass is 10.1. The first-order valence-corrected chi connectivity index (χ1v) is 6.48. The fourth-order valence-electron chi connectivity index (χ4n) is 1.92. The monoisotopic (exact) mass is 262 g/mol. The Balaban J connectivity index is 1.99. The number of aliphatic carboxylic acids is 1. The molecule has 5 heteroatoms. The number of rotatable bonds is 5. The number of carbonyl (C=O) groups excluding carboxylic acids is 1. The molecular weight excluding hydrogens is 244 g/mol. The van der Waals surface area contributed by atoms with Crippen LogP contribution in [0.4, 0.5) is 10.5 Å². The van der Waals surface area contributed by atoms with E-state index in [-0.39, 0.29) is 18.6 Å². The molecule has 0 radical (unpaired) electrons. The molecule has 0 atom stereocenters. The molecule has 1 aromatic rings. The lowest BCUT2D eigenvalue weighted by Gasteiger charge is -2.20. The summed E-state index contributed by atoms with van der Waals surface area (Å²) in [6.45, 7) is 1.82. The lowest BCUT2D eigenvalue weighted by molar-refractivity contribution is -0.137. The van der Waals surface area contributed by atoms with Gasteiger partial charge in [-0.3, -0.25) is 4.79 Å². The maximum atomic E-state index is 12.0. The minimum absolute atomic E-state index is 0.0750. The number of nitrogens with one attached hydrogen (secondary N) is 1. The molecule has 1 aliphatic rings. The molecule has 0 heterocycles. The van der Waals surface area contributed by atoms with E-state index in [1.54, 1.807) is 0 Å². The fourth-order valence-corrected chi connectivity index (χ4v) is 1.92. The highest BCUT2D eigenvalue weighted by atomic mass is 16.4. The van der Waals surface area contributed by atoms with Gasteiger partial charge < -0.3 is 15.3 Å². The van der Waals surface area contributed by atoms with Gasteiger partial charge in [-0.05, 0) is 37.0 Å². The van der Waals surface area contributed by atoms with Crippen molar-refractivity contribution >= 4 is 17.7 Å². The molecule has 0 aliphatic heterocycles. The Kier molecular flexibility index (Phi) is 4.04. The molecule has 2 N–H and O–H groups in total. The minimum Gasteiger partial charge on any atom is -0.480 e. The van der Waals surface area contributed by atoms with E-state index in [1.165, 1.54) is 10.5 Å². The van der Waals surface area contributed by atoms with Crippen molar-refractivity contribution in [1.29, 1.82) is 0 Å². The molecule has 19 heavy (non-hydrogen) atoms. The van der Waals surface area contributed by atoms with Crippen LogP contribution in [0.2, 0.25) is 0 Å². The first kappa shape index (κ1) is 13.4. The van der Waals surface area contributed by atoms with Crippen molar-refractivity contribution in [3.8, 4) is 0 Å². The molecule has 1 fully saturated rings. The second-order valence-electron chi connectivity index (χ2n) is 4.73. The number of hydrogen-bond acceptors (Lipinski definition) is 2. The number of anilines is 1. The van der Waals surface area contributed by atoms with Crippen molar-refractivity contribution in [2.75, 3.05) is 11.9 Å². The van der Waals surface area contributed by atoms with Crippen LogP contribution < -0.4 is 5.32 Å². The van der Waals surface area contributed by atoms with E-state index < -0.39 is 5.97 Å². The summed E-state index contributed by atoms with van der Waals surface area (Å²) in [5.74, 6) is -0.983. The Hall–Kier alpha value is -2.04. The molecule has 1 saturated carbocycles. The first-order valence-electron chi connectivity index (χ1n) is 6.48. The quantitative estimate of drug-likeness (QED) is 0.855. The van der Waals surface area contributed by atoms with Gasteiger partial charge in [-0.15, -0.1) is 0 Å². The van der Waals surface area contributed by atoms with Crippen molar-refractivity contribution < 1.29 is 14.7 Å². The fraction of sp³-hybridized carbons (Fsp3) is 0.429. The molecule has 2 amide bonds. The zero-order chi connectivity index (χ0) is 13.8. The highest BCUT2D eigenvalue weighted by molar-refractivity contribution is 5.91. The largest absolute Gasteiger partial charge is 0.480 e. The van der Waals surface area contributed by atoms with Crippen LogP contribution in [0.15, 0.2) is 24.3 Å². The molecule has 1 aromatic carbocycles. The molecule has 0 saturated heterocycles. The van der Waals surface area contributed by atoms with E-state index >= 15 is 0 Å². The summed E-state index contributed by atoms with van der Waals surface area (Å²) in [4.78, 5) is 24.2. The maximum absolute atomic E-state index is 12.0. The Morgan fingerprint density at radius 3 is 2.42 bits per heavy atom. The summed E-state index contributed by atoms with van der Waals surface area (Å²) in [6, 6.07) is 7.31. The third-order valence-electron chi connectivity index (χ3n) is 3.17. The molecule has 0 unspecified atom stereocenters. The molecule has 0 bridgehead atoms. The van der Waals surface area contributed by atoms with Gasteiger partial charge in [-0.1, -0.05) is 19.1 Å². The number of carbonyl (C=O) groups is 2. The van der Waals surface area contributed by atoms with Crippen molar-refractivity contribution in [3.05, 3.63) is 29.8 Å². The third kappa shape index (κ3) is 3.71. The molecule has 0 aromatic heterocycles. The van der Waals surface area contributed by atoms with Crippen LogP contribution in [0.3, 0.4) is 0 Å². The number of aryl methyl sites for hydroxylation is 1. The summed E-state index contributed by atoms with van der Waals surface area (Å²) in [6.07, 6.45) is 2.71. The normalized spacial score (nSPS) is 13.9. The van der Waals surface area contributed by atoms with Gasteiger partial charge in [0.25, 0.3) is 0 Å². The predicted octanol–water partition coefficient (Wildman–Crippen LogP) is 2.33. The molecule has 102 valence electrons. The van der Waals surface area contributed by atoms with Crippen molar-refractivity contribution in [1.82, 2.24) is 4.90 Å². The summed E-state index contributed by atoms with van der Waals surface area (Å²) < 4.78 is 0. The van der Waals surface area contributed by atoms with Crippen LogP contribution >= 0.6 is 0 Å². The Bertz CT molecular complexity index is 466. The Morgan fingerprint density at radius 1 is 1.32 bits per heavy atom. The average Bonchev–Trinajstić information content (AvgIpc) is 3.21. The molecule has 0 spiro atoms. The van der Waals surface area contributed by atoms with Gasteiger partial charge in [-0.2, -0.15) is 0 Å². The maximum Gasteiger partial charge on any atom is 0.323 e.